The maximum atomic E-state index is 12.6. The van der Waals surface area contributed by atoms with Crippen LogP contribution in [-0.4, -0.2) is 87.6 Å². The number of carbonyl (C=O) groups excluding carboxylic acids is 1. The van der Waals surface area contributed by atoms with E-state index in [1.807, 2.05) is 23.1 Å². The molecule has 0 radical (unpaired) electrons. The Morgan fingerprint density at radius 3 is 2.79 bits per heavy atom. The van der Waals surface area contributed by atoms with Gasteiger partial charge in [-0.1, -0.05) is 30.3 Å². The van der Waals surface area contributed by atoms with Crippen molar-refractivity contribution >= 4 is 27.8 Å². The van der Waals surface area contributed by atoms with E-state index in [-0.39, 0.29) is 18.1 Å². The van der Waals surface area contributed by atoms with E-state index in [1.165, 1.54) is 0 Å². The molecule has 0 spiro atoms. The van der Waals surface area contributed by atoms with Crippen molar-refractivity contribution in [2.24, 2.45) is 0 Å². The molecular weight excluding hydrogens is 494 g/mol. The van der Waals surface area contributed by atoms with Crippen molar-refractivity contribution in [2.75, 3.05) is 45.9 Å². The monoisotopic (exact) mass is 529 g/mol. The number of imidazole rings is 1. The van der Waals surface area contributed by atoms with Crippen LogP contribution in [0.1, 0.15) is 37.1 Å². The van der Waals surface area contributed by atoms with E-state index in [4.69, 9.17) is 9.47 Å². The van der Waals surface area contributed by atoms with E-state index in [1.54, 1.807) is 19.6 Å². The van der Waals surface area contributed by atoms with Gasteiger partial charge in [0, 0.05) is 45.0 Å². The second-order valence-electron chi connectivity index (χ2n) is 10.3. The van der Waals surface area contributed by atoms with Crippen molar-refractivity contribution in [3.8, 4) is 5.75 Å². The number of hydrogen-bond acceptors (Lipinski definition) is 8. The Bertz CT molecular complexity index is 1430. The SMILES string of the molecule is CC(=O)N(CCN1CCOCC1)Cc1ccc(O[C@@H](c2ncnc3[nH]cnc23)C2CCCN2)c2ccccc12. The van der Waals surface area contributed by atoms with Gasteiger partial charge in [0.2, 0.25) is 5.91 Å². The average molecular weight is 530 g/mol. The van der Waals surface area contributed by atoms with Crippen LogP contribution in [0.5, 0.6) is 5.75 Å². The van der Waals surface area contributed by atoms with E-state index in [9.17, 15) is 4.79 Å². The molecule has 2 aromatic heterocycles. The lowest BCUT2D eigenvalue weighted by Crippen LogP contribution is -2.42. The minimum atomic E-state index is -0.321. The summed E-state index contributed by atoms with van der Waals surface area (Å²) in [6, 6.07) is 12.5. The topological polar surface area (TPSA) is 109 Å². The minimum Gasteiger partial charge on any atom is -0.482 e. The highest BCUT2D eigenvalue weighted by Crippen LogP contribution is 2.35. The van der Waals surface area contributed by atoms with Crippen molar-refractivity contribution in [1.29, 1.82) is 0 Å². The van der Waals surface area contributed by atoms with Crippen LogP contribution in [0.15, 0.2) is 49.1 Å². The molecule has 4 heterocycles. The van der Waals surface area contributed by atoms with Crippen LogP contribution in [0.2, 0.25) is 0 Å². The number of amides is 1. The number of hydrogen-bond donors (Lipinski definition) is 2. The van der Waals surface area contributed by atoms with Gasteiger partial charge in [-0.05, 0) is 36.4 Å². The Kier molecular flexibility index (Phi) is 7.67. The van der Waals surface area contributed by atoms with E-state index in [0.717, 1.165) is 85.5 Å². The lowest BCUT2D eigenvalue weighted by molar-refractivity contribution is -0.129. The van der Waals surface area contributed by atoms with Gasteiger partial charge in [0.25, 0.3) is 0 Å². The van der Waals surface area contributed by atoms with Crippen molar-refractivity contribution in [3.05, 3.63) is 60.3 Å². The van der Waals surface area contributed by atoms with Crippen LogP contribution in [0.4, 0.5) is 0 Å². The molecule has 0 aliphatic carbocycles. The van der Waals surface area contributed by atoms with Gasteiger partial charge in [0.05, 0.1) is 25.6 Å². The maximum absolute atomic E-state index is 12.6. The van der Waals surface area contributed by atoms with Gasteiger partial charge in [0.15, 0.2) is 11.8 Å². The van der Waals surface area contributed by atoms with Crippen LogP contribution in [0, 0.1) is 0 Å². The molecule has 204 valence electrons. The first kappa shape index (κ1) is 25.7. The second-order valence-corrected chi connectivity index (χ2v) is 10.3. The molecule has 2 aliphatic heterocycles. The number of benzene rings is 2. The average Bonchev–Trinajstić information content (AvgIpc) is 3.68. The lowest BCUT2D eigenvalue weighted by Gasteiger charge is -2.30. The van der Waals surface area contributed by atoms with E-state index >= 15 is 0 Å². The van der Waals surface area contributed by atoms with Crippen molar-refractivity contribution < 1.29 is 14.3 Å². The summed E-state index contributed by atoms with van der Waals surface area (Å²) in [6.07, 6.45) is 4.97. The molecule has 2 atom stereocenters. The molecule has 4 aromatic rings. The molecule has 0 saturated carbocycles. The molecule has 6 rings (SSSR count). The minimum absolute atomic E-state index is 0.0758. The van der Waals surface area contributed by atoms with Crippen LogP contribution in [0.3, 0.4) is 0 Å². The molecule has 0 bridgehead atoms. The number of aromatic nitrogens is 4. The van der Waals surface area contributed by atoms with Gasteiger partial charge in [0.1, 0.15) is 23.3 Å². The second kappa shape index (κ2) is 11.6. The first-order valence-corrected chi connectivity index (χ1v) is 13.8. The highest BCUT2D eigenvalue weighted by atomic mass is 16.5. The number of ether oxygens (including phenoxy) is 2. The number of aromatic amines is 1. The predicted molar refractivity (Wildman–Crippen MR) is 148 cm³/mol. The number of carbonyl (C=O) groups is 1. The highest BCUT2D eigenvalue weighted by Gasteiger charge is 2.32. The van der Waals surface area contributed by atoms with Crippen molar-refractivity contribution in [1.82, 2.24) is 35.1 Å². The number of H-pyrrole nitrogens is 1. The molecule has 2 aromatic carbocycles. The number of nitrogens with zero attached hydrogens (tertiary/aromatic N) is 5. The molecule has 10 heteroatoms. The van der Waals surface area contributed by atoms with Crippen molar-refractivity contribution in [3.63, 3.8) is 0 Å². The zero-order chi connectivity index (χ0) is 26.6. The van der Waals surface area contributed by atoms with Gasteiger partial charge in [-0.3, -0.25) is 9.69 Å². The van der Waals surface area contributed by atoms with Crippen molar-refractivity contribution in [2.45, 2.75) is 38.5 Å². The van der Waals surface area contributed by atoms with Gasteiger partial charge in [-0.2, -0.15) is 0 Å². The molecule has 10 nitrogen and oxygen atoms in total. The Morgan fingerprint density at radius 1 is 1.15 bits per heavy atom. The van der Waals surface area contributed by atoms with Crippen LogP contribution in [0.25, 0.3) is 21.9 Å². The Hall–Kier alpha value is -3.60. The van der Waals surface area contributed by atoms with E-state index in [0.29, 0.717) is 18.7 Å². The molecule has 39 heavy (non-hydrogen) atoms. The maximum Gasteiger partial charge on any atom is 0.219 e. The fourth-order valence-corrected chi connectivity index (χ4v) is 5.64. The summed E-state index contributed by atoms with van der Waals surface area (Å²) in [4.78, 5) is 33.4. The van der Waals surface area contributed by atoms with Crippen LogP contribution in [-0.2, 0) is 16.1 Å². The third-order valence-corrected chi connectivity index (χ3v) is 7.80. The number of rotatable bonds is 9. The summed E-state index contributed by atoms with van der Waals surface area (Å²) in [5.74, 6) is 0.866. The summed E-state index contributed by atoms with van der Waals surface area (Å²) in [5.41, 5.74) is 3.31. The smallest absolute Gasteiger partial charge is 0.219 e. The largest absolute Gasteiger partial charge is 0.482 e. The van der Waals surface area contributed by atoms with Gasteiger partial charge >= 0.3 is 0 Å². The number of nitrogens with one attached hydrogen (secondary N) is 2. The number of morpholine rings is 1. The first-order valence-electron chi connectivity index (χ1n) is 13.8. The van der Waals surface area contributed by atoms with Crippen LogP contribution < -0.4 is 10.1 Å². The standard InChI is InChI=1S/C29H35N7O3/c1-20(37)36(12-11-35-13-15-38-16-14-35)17-21-8-9-25(23-6-3-2-5-22(21)23)39-28(24-7-4-10-30-24)26-27-29(33-18-31-26)34-19-32-27/h2-3,5-6,8-9,18-19,24,28,30H,4,7,10-17H2,1H3,(H,31,32,33,34)/t24?,28-/m1/s1. The molecule has 2 N–H and O–H groups in total. The van der Waals surface area contributed by atoms with Gasteiger partial charge in [-0.15, -0.1) is 0 Å². The molecule has 2 fully saturated rings. The zero-order valence-electron chi connectivity index (χ0n) is 22.3. The van der Waals surface area contributed by atoms with Gasteiger partial charge in [-0.25, -0.2) is 15.0 Å². The first-order chi connectivity index (χ1) is 19.2. The fraction of sp³-hybridized carbons (Fsp3) is 0.448. The third-order valence-electron chi connectivity index (χ3n) is 7.80. The van der Waals surface area contributed by atoms with E-state index < -0.39 is 0 Å². The normalized spacial score (nSPS) is 18.9. The molecule has 1 unspecified atom stereocenters. The lowest BCUT2D eigenvalue weighted by atomic mass is 10.0. The molecule has 1 amide bonds. The van der Waals surface area contributed by atoms with Crippen LogP contribution >= 0.6 is 0 Å². The Morgan fingerprint density at radius 2 is 2.00 bits per heavy atom. The summed E-state index contributed by atoms with van der Waals surface area (Å²) < 4.78 is 12.3. The summed E-state index contributed by atoms with van der Waals surface area (Å²) >= 11 is 0. The fourth-order valence-electron chi connectivity index (χ4n) is 5.64. The quantitative estimate of drug-likeness (QED) is 0.341. The zero-order valence-corrected chi connectivity index (χ0v) is 22.3. The Balaban J connectivity index is 1.29. The molecule has 2 aliphatic rings. The highest BCUT2D eigenvalue weighted by molar-refractivity contribution is 5.91. The number of fused-ring (bicyclic) bond motifs is 2. The summed E-state index contributed by atoms with van der Waals surface area (Å²) in [6.45, 7) is 8.01. The van der Waals surface area contributed by atoms with Gasteiger partial charge < -0.3 is 24.7 Å². The summed E-state index contributed by atoms with van der Waals surface area (Å²) in [5, 5.41) is 5.69. The summed E-state index contributed by atoms with van der Waals surface area (Å²) in [7, 11) is 0. The predicted octanol–water partition coefficient (Wildman–Crippen LogP) is 3.06. The molecular formula is C29H35N7O3. The third kappa shape index (κ3) is 5.59. The van der Waals surface area contributed by atoms with E-state index in [2.05, 4.69) is 48.4 Å². The molecule has 2 saturated heterocycles. The Labute approximate surface area is 227 Å².